The highest BCUT2D eigenvalue weighted by atomic mass is 31.2. The summed E-state index contributed by atoms with van der Waals surface area (Å²) < 4.78 is 11.2. The Kier molecular flexibility index (Phi) is 2.91. The average Bonchev–Trinajstić information content (AvgIpc) is 2.03. The van der Waals surface area contributed by atoms with Gasteiger partial charge in [-0.25, -0.2) is 0 Å². The summed E-state index contributed by atoms with van der Waals surface area (Å²) >= 11 is 0. The van der Waals surface area contributed by atoms with E-state index in [1.807, 2.05) is 19.1 Å². The van der Waals surface area contributed by atoms with Crippen LogP contribution in [0.15, 0.2) is 24.3 Å². The van der Waals surface area contributed by atoms with Gasteiger partial charge in [-0.1, -0.05) is 29.8 Å². The average molecular weight is 199 g/mol. The van der Waals surface area contributed by atoms with Crippen molar-refractivity contribution in [3.05, 3.63) is 35.4 Å². The van der Waals surface area contributed by atoms with Crippen molar-refractivity contribution in [3.8, 4) is 0 Å². The van der Waals surface area contributed by atoms with Crippen LogP contribution in [0.3, 0.4) is 0 Å². The molecule has 1 rings (SSSR count). The second-order valence-electron chi connectivity index (χ2n) is 3.30. The summed E-state index contributed by atoms with van der Waals surface area (Å²) in [5, 5.41) is 0. The molecule has 1 aromatic rings. The third-order valence-electron chi connectivity index (χ3n) is 1.94. The van der Waals surface area contributed by atoms with Gasteiger partial charge < -0.3 is 10.6 Å². The lowest BCUT2D eigenvalue weighted by Crippen LogP contribution is -2.09. The smallest absolute Gasteiger partial charge is 0.218 e. The molecule has 13 heavy (non-hydrogen) atoms. The summed E-state index contributed by atoms with van der Waals surface area (Å²) in [5.41, 5.74) is 7.43. The molecule has 72 valence electrons. The van der Waals surface area contributed by atoms with E-state index in [9.17, 15) is 9.46 Å². The van der Waals surface area contributed by atoms with Gasteiger partial charge in [-0.05, 0) is 12.5 Å². The quantitative estimate of drug-likeness (QED) is 0.714. The van der Waals surface area contributed by atoms with Crippen LogP contribution < -0.4 is 5.73 Å². The molecule has 0 saturated heterocycles. The van der Waals surface area contributed by atoms with Crippen molar-refractivity contribution in [2.75, 3.05) is 6.66 Å². The van der Waals surface area contributed by atoms with Gasteiger partial charge in [-0.15, -0.1) is 0 Å². The van der Waals surface area contributed by atoms with Crippen LogP contribution >= 0.6 is 7.37 Å². The fraction of sp³-hybridized carbons (Fsp3) is 0.333. The molecule has 3 nitrogen and oxygen atoms in total. The summed E-state index contributed by atoms with van der Waals surface area (Å²) in [5.74, 6) is -0.770. The minimum atomic E-state index is -3.22. The van der Waals surface area contributed by atoms with Crippen molar-refractivity contribution in [1.82, 2.24) is 0 Å². The van der Waals surface area contributed by atoms with E-state index in [1.54, 1.807) is 12.1 Å². The molecule has 0 saturated carbocycles. The number of nitrogens with two attached hydrogens (primary N) is 1. The summed E-state index contributed by atoms with van der Waals surface area (Å²) in [6.45, 7) is 3.23. The predicted molar refractivity (Wildman–Crippen MR) is 53.9 cm³/mol. The maximum atomic E-state index is 11.2. The van der Waals surface area contributed by atoms with Gasteiger partial charge in [0.05, 0.1) is 0 Å². The fourth-order valence-electron chi connectivity index (χ4n) is 1.04. The van der Waals surface area contributed by atoms with Crippen molar-refractivity contribution in [2.24, 2.45) is 5.73 Å². The summed E-state index contributed by atoms with van der Waals surface area (Å²) in [6, 6.07) is 7.33. The monoisotopic (exact) mass is 199 g/mol. The predicted octanol–water partition coefficient (Wildman–Crippen LogP) is 1.85. The van der Waals surface area contributed by atoms with Crippen LogP contribution in [0, 0.1) is 6.92 Å². The third kappa shape index (κ3) is 2.66. The second kappa shape index (κ2) is 3.62. The van der Waals surface area contributed by atoms with Gasteiger partial charge in [0.15, 0.2) is 0 Å². The van der Waals surface area contributed by atoms with Crippen LogP contribution in [0.1, 0.15) is 16.9 Å². The maximum Gasteiger partial charge on any atom is 0.218 e. The minimum absolute atomic E-state index is 0.707. The molecule has 1 aromatic carbocycles. The Hall–Kier alpha value is -0.630. The standard InChI is InChI=1S/C9H14NO2P/c1-7-3-5-8(6-4-7)9(10)13(2,11)12/h3-6,9H,10H2,1-2H3,(H,11,12). The van der Waals surface area contributed by atoms with Gasteiger partial charge in [0.2, 0.25) is 7.37 Å². The number of rotatable bonds is 2. The minimum Gasteiger partial charge on any atom is -0.343 e. The molecule has 0 aliphatic carbocycles. The molecule has 0 spiro atoms. The highest BCUT2D eigenvalue weighted by molar-refractivity contribution is 7.57. The Morgan fingerprint density at radius 2 is 1.85 bits per heavy atom. The molecular formula is C9H14NO2P. The molecule has 3 N–H and O–H groups in total. The van der Waals surface area contributed by atoms with Crippen LogP contribution in [-0.4, -0.2) is 11.6 Å². The van der Waals surface area contributed by atoms with E-state index in [4.69, 9.17) is 5.73 Å². The maximum absolute atomic E-state index is 11.2. The van der Waals surface area contributed by atoms with Crippen molar-refractivity contribution in [3.63, 3.8) is 0 Å². The molecule has 2 atom stereocenters. The van der Waals surface area contributed by atoms with Gasteiger partial charge >= 0.3 is 0 Å². The second-order valence-corrected chi connectivity index (χ2v) is 5.74. The Morgan fingerprint density at radius 3 is 2.23 bits per heavy atom. The van der Waals surface area contributed by atoms with E-state index in [1.165, 1.54) is 6.66 Å². The van der Waals surface area contributed by atoms with Crippen molar-refractivity contribution >= 4 is 7.37 Å². The van der Waals surface area contributed by atoms with Crippen LogP contribution in [0.5, 0.6) is 0 Å². The Balaban J connectivity index is 2.97. The van der Waals surface area contributed by atoms with Crippen LogP contribution in [0.25, 0.3) is 0 Å². The first kappa shape index (κ1) is 10.5. The normalized spacial score (nSPS) is 17.8. The fourth-order valence-corrected chi connectivity index (χ4v) is 1.77. The summed E-state index contributed by atoms with van der Waals surface area (Å²) in [7, 11) is -3.22. The third-order valence-corrected chi connectivity index (χ3v) is 3.27. The molecule has 0 aromatic heterocycles. The number of hydrogen-bond donors (Lipinski definition) is 2. The molecule has 0 aliphatic rings. The van der Waals surface area contributed by atoms with Crippen molar-refractivity contribution in [2.45, 2.75) is 12.7 Å². The molecular weight excluding hydrogens is 185 g/mol. The summed E-state index contributed by atoms with van der Waals surface area (Å²) in [6.07, 6.45) is 0. The Morgan fingerprint density at radius 1 is 1.38 bits per heavy atom. The Bertz CT molecular complexity index is 328. The highest BCUT2D eigenvalue weighted by Crippen LogP contribution is 2.48. The number of benzene rings is 1. The zero-order chi connectivity index (χ0) is 10.1. The molecule has 4 heteroatoms. The van der Waals surface area contributed by atoms with Crippen LogP contribution in [-0.2, 0) is 4.57 Å². The van der Waals surface area contributed by atoms with Gasteiger partial charge in [0.25, 0.3) is 0 Å². The lowest BCUT2D eigenvalue weighted by Gasteiger charge is -2.15. The first-order chi connectivity index (χ1) is 5.91. The van der Waals surface area contributed by atoms with Crippen molar-refractivity contribution in [1.29, 1.82) is 0 Å². The molecule has 0 amide bonds. The van der Waals surface area contributed by atoms with E-state index in [0.717, 1.165) is 5.56 Å². The molecule has 0 radical (unpaired) electrons. The van der Waals surface area contributed by atoms with Gasteiger partial charge in [-0.3, -0.25) is 4.57 Å². The highest BCUT2D eigenvalue weighted by Gasteiger charge is 2.22. The molecule has 0 fully saturated rings. The first-order valence-corrected chi connectivity index (χ1v) is 6.21. The largest absolute Gasteiger partial charge is 0.343 e. The van der Waals surface area contributed by atoms with Gasteiger partial charge in [-0.2, -0.15) is 0 Å². The van der Waals surface area contributed by atoms with Crippen LogP contribution in [0.2, 0.25) is 0 Å². The lowest BCUT2D eigenvalue weighted by atomic mass is 10.1. The number of hydrogen-bond acceptors (Lipinski definition) is 2. The molecule has 2 unspecified atom stereocenters. The van der Waals surface area contributed by atoms with E-state index < -0.39 is 13.2 Å². The van der Waals surface area contributed by atoms with Crippen molar-refractivity contribution < 1.29 is 9.46 Å². The van der Waals surface area contributed by atoms with Gasteiger partial charge in [0.1, 0.15) is 5.78 Å². The molecule has 0 heterocycles. The summed E-state index contributed by atoms with van der Waals surface area (Å²) in [4.78, 5) is 9.24. The van der Waals surface area contributed by atoms with E-state index >= 15 is 0 Å². The number of aryl methyl sites for hydroxylation is 1. The van der Waals surface area contributed by atoms with E-state index in [-0.39, 0.29) is 0 Å². The molecule has 0 aliphatic heterocycles. The lowest BCUT2D eigenvalue weighted by molar-refractivity contribution is 0.472. The zero-order valence-corrected chi connectivity index (χ0v) is 8.66. The Labute approximate surface area is 78.0 Å². The topological polar surface area (TPSA) is 63.3 Å². The molecule has 0 bridgehead atoms. The van der Waals surface area contributed by atoms with E-state index in [0.29, 0.717) is 5.56 Å². The SMILES string of the molecule is Cc1ccc(C(N)P(C)(=O)O)cc1. The van der Waals surface area contributed by atoms with Gasteiger partial charge in [0, 0.05) is 6.66 Å². The van der Waals surface area contributed by atoms with E-state index in [2.05, 4.69) is 0 Å². The van der Waals surface area contributed by atoms with Crippen LogP contribution in [0.4, 0.5) is 0 Å². The first-order valence-electron chi connectivity index (χ1n) is 4.03. The zero-order valence-electron chi connectivity index (χ0n) is 7.77.